The van der Waals surface area contributed by atoms with Crippen LogP contribution in [0.5, 0.6) is 0 Å². The van der Waals surface area contributed by atoms with Gasteiger partial charge in [0.2, 0.25) is 11.7 Å². The molecule has 2 aromatic heterocycles. The molecule has 2 rings (SSSR count). The second-order valence-corrected chi connectivity index (χ2v) is 4.66. The first-order valence-corrected chi connectivity index (χ1v) is 6.20. The summed E-state index contributed by atoms with van der Waals surface area (Å²) in [6.45, 7) is -1.29. The van der Waals surface area contributed by atoms with Crippen LogP contribution in [0.4, 0.5) is 10.3 Å². The first-order valence-electron chi connectivity index (χ1n) is 6.20. The molecule has 10 nitrogen and oxygen atoms in total. The monoisotopic (exact) mass is 327 g/mol. The Labute approximate surface area is 128 Å². The number of H-pyrrole nitrogens is 1. The molecule has 0 aliphatic heterocycles. The Morgan fingerprint density at radius 1 is 1.70 bits per heavy atom. The lowest BCUT2D eigenvalue weighted by Crippen LogP contribution is -2.57. The van der Waals surface area contributed by atoms with E-state index in [0.717, 1.165) is 13.4 Å². The average Bonchev–Trinajstić information content (AvgIpc) is 2.97. The van der Waals surface area contributed by atoms with Gasteiger partial charge in [0.15, 0.2) is 17.3 Å². The van der Waals surface area contributed by atoms with E-state index in [1.165, 1.54) is 0 Å². The quantitative estimate of drug-likeness (QED) is 0.381. The van der Waals surface area contributed by atoms with Crippen LogP contribution < -0.4 is 11.3 Å². The summed E-state index contributed by atoms with van der Waals surface area (Å²) in [5.41, 5.74) is 1.39. The van der Waals surface area contributed by atoms with Gasteiger partial charge in [-0.1, -0.05) is 0 Å². The van der Waals surface area contributed by atoms with Crippen molar-refractivity contribution in [1.29, 1.82) is 0 Å². The summed E-state index contributed by atoms with van der Waals surface area (Å²) in [5, 5.41) is 29.7. The van der Waals surface area contributed by atoms with E-state index in [2.05, 4.69) is 19.7 Å². The summed E-state index contributed by atoms with van der Waals surface area (Å²) in [5.74, 6) is -1.60. The number of terminal acetylenes is 1. The van der Waals surface area contributed by atoms with Crippen LogP contribution in [0.25, 0.3) is 11.2 Å². The van der Waals surface area contributed by atoms with E-state index in [1.54, 1.807) is 5.92 Å². The number of anilines is 1. The Balaban J connectivity index is 2.71. The molecule has 3 atom stereocenters. The molecule has 6 N–H and O–H groups in total. The summed E-state index contributed by atoms with van der Waals surface area (Å²) >= 11 is 0. The lowest BCUT2D eigenvalue weighted by Gasteiger charge is -2.36. The molecular weight excluding hydrogens is 313 g/mol. The number of alkyl halides is 1. The minimum absolute atomic E-state index is 0.244. The van der Waals surface area contributed by atoms with Gasteiger partial charge in [0.25, 0.3) is 11.4 Å². The fourth-order valence-corrected chi connectivity index (χ4v) is 2.02. The van der Waals surface area contributed by atoms with Crippen molar-refractivity contribution in [3.05, 3.63) is 16.7 Å². The molecule has 0 fully saturated rings. The Morgan fingerprint density at radius 3 is 2.87 bits per heavy atom. The van der Waals surface area contributed by atoms with Gasteiger partial charge in [-0.15, -0.1) is 6.42 Å². The molecule has 124 valence electrons. The zero-order valence-electron chi connectivity index (χ0n) is 11.9. The number of aliphatic hydroxyl groups is 3. The summed E-state index contributed by atoms with van der Waals surface area (Å²) in [7, 11) is 0.864. The number of nitrogen functional groups attached to an aromatic ring is 1. The van der Waals surface area contributed by atoms with E-state index in [1.807, 2.05) is 0 Å². The van der Waals surface area contributed by atoms with E-state index >= 15 is 0 Å². The van der Waals surface area contributed by atoms with E-state index < -0.39 is 29.8 Å². The van der Waals surface area contributed by atoms with Crippen molar-refractivity contribution in [2.75, 3.05) is 19.5 Å². The van der Waals surface area contributed by atoms with Crippen LogP contribution in [-0.2, 0) is 10.5 Å². The number of imidazole rings is 1. The topological polar surface area (TPSA) is 160 Å². The zero-order chi connectivity index (χ0) is 17.4. The third-order valence-corrected chi connectivity index (χ3v) is 3.35. The van der Waals surface area contributed by atoms with Gasteiger partial charge in [-0.2, -0.15) is 4.98 Å². The number of methoxy groups -OCH3 is 1. The maximum Gasteiger partial charge on any atom is 0.280 e. The molecule has 0 radical (unpaired) electrons. The van der Waals surface area contributed by atoms with Gasteiger partial charge in [0.05, 0.1) is 0 Å². The molecule has 0 saturated carbocycles. The highest BCUT2D eigenvalue weighted by atomic mass is 19.2. The van der Waals surface area contributed by atoms with E-state index in [4.69, 9.17) is 17.3 Å². The standard InChI is InChI=1S/C12H14FN5O5/c1-3-12(22,9(21)11(13,4-19)23-2)18-5-15-6-7(18)16-10(14)17-8(6)20/h1,5,9,19,21-22H,4H2,2H3,(H3,14,16,17,20)/t9-,11-,12-/m1/s1. The van der Waals surface area contributed by atoms with Crippen LogP contribution in [0, 0.1) is 12.3 Å². The fraction of sp³-hybridized carbons (Fsp3) is 0.417. The minimum Gasteiger partial charge on any atom is -0.390 e. The van der Waals surface area contributed by atoms with E-state index in [-0.39, 0.29) is 17.1 Å². The number of rotatable bonds is 5. The molecule has 0 aromatic carbocycles. The lowest BCUT2D eigenvalue weighted by molar-refractivity contribution is -0.262. The number of fused-ring (bicyclic) bond motifs is 1. The van der Waals surface area contributed by atoms with Crippen molar-refractivity contribution in [1.82, 2.24) is 19.5 Å². The SMILES string of the molecule is C#C[C@@](O)([C@H](O)[C@@](F)(CO)OC)n1cnc2c(=O)[nH]c(N)nc21. The first-order chi connectivity index (χ1) is 10.7. The number of nitrogens with one attached hydrogen (secondary N) is 1. The number of halogens is 1. The summed E-state index contributed by atoms with van der Waals surface area (Å²) in [6.07, 6.45) is 3.66. The predicted molar refractivity (Wildman–Crippen MR) is 75.5 cm³/mol. The molecule has 0 spiro atoms. The van der Waals surface area contributed by atoms with Crippen molar-refractivity contribution in [2.24, 2.45) is 0 Å². The number of hydrogen-bond donors (Lipinski definition) is 5. The van der Waals surface area contributed by atoms with Crippen LogP contribution in [0.15, 0.2) is 11.1 Å². The van der Waals surface area contributed by atoms with Crippen molar-refractivity contribution in [2.45, 2.75) is 17.7 Å². The molecular formula is C12H14FN5O5. The van der Waals surface area contributed by atoms with Crippen LogP contribution in [0.3, 0.4) is 0 Å². The number of nitrogens with two attached hydrogens (primary N) is 1. The van der Waals surface area contributed by atoms with Crippen LogP contribution in [0.2, 0.25) is 0 Å². The van der Waals surface area contributed by atoms with E-state index in [9.17, 15) is 19.4 Å². The highest BCUT2D eigenvalue weighted by molar-refractivity contribution is 5.71. The average molecular weight is 327 g/mol. The highest BCUT2D eigenvalue weighted by Gasteiger charge is 2.52. The first kappa shape index (κ1) is 16.8. The minimum atomic E-state index is -3.08. The van der Waals surface area contributed by atoms with Gasteiger partial charge in [-0.05, 0) is 5.92 Å². The zero-order valence-corrected chi connectivity index (χ0v) is 11.9. The number of nitrogens with zero attached hydrogens (tertiary/aromatic N) is 3. The Hall–Kier alpha value is -2.52. The molecule has 0 bridgehead atoms. The largest absolute Gasteiger partial charge is 0.390 e. The van der Waals surface area contributed by atoms with Crippen molar-refractivity contribution in [3.63, 3.8) is 0 Å². The molecule has 0 unspecified atom stereocenters. The van der Waals surface area contributed by atoms with Gasteiger partial charge in [-0.3, -0.25) is 14.3 Å². The van der Waals surface area contributed by atoms with Gasteiger partial charge in [0.1, 0.15) is 12.9 Å². The molecule has 0 amide bonds. The third kappa shape index (κ3) is 2.43. The lowest BCUT2D eigenvalue weighted by atomic mass is 10.00. The highest BCUT2D eigenvalue weighted by Crippen LogP contribution is 2.31. The molecule has 11 heteroatoms. The van der Waals surface area contributed by atoms with Crippen LogP contribution in [0.1, 0.15) is 0 Å². The Morgan fingerprint density at radius 2 is 2.35 bits per heavy atom. The fourth-order valence-electron chi connectivity index (χ4n) is 2.02. The van der Waals surface area contributed by atoms with Crippen molar-refractivity contribution >= 4 is 17.1 Å². The van der Waals surface area contributed by atoms with Gasteiger partial charge in [-0.25, -0.2) is 9.37 Å². The second kappa shape index (κ2) is 5.60. The second-order valence-electron chi connectivity index (χ2n) is 4.66. The van der Waals surface area contributed by atoms with Gasteiger partial charge < -0.3 is 25.8 Å². The van der Waals surface area contributed by atoms with Crippen LogP contribution >= 0.6 is 0 Å². The predicted octanol–water partition coefficient (Wildman–Crippen LogP) is -2.35. The van der Waals surface area contributed by atoms with Crippen molar-refractivity contribution in [3.8, 4) is 12.3 Å². The van der Waals surface area contributed by atoms with Crippen LogP contribution in [-0.4, -0.2) is 60.5 Å². The maximum atomic E-state index is 14.4. The van der Waals surface area contributed by atoms with E-state index in [0.29, 0.717) is 4.57 Å². The normalized spacial score (nSPS) is 18.1. The van der Waals surface area contributed by atoms with Crippen molar-refractivity contribution < 1.29 is 24.4 Å². The van der Waals surface area contributed by atoms with Gasteiger partial charge in [0, 0.05) is 7.11 Å². The smallest absolute Gasteiger partial charge is 0.280 e. The number of aromatic amines is 1. The number of aliphatic hydroxyl groups excluding tert-OH is 2. The molecule has 23 heavy (non-hydrogen) atoms. The Bertz CT molecular complexity index is 823. The third-order valence-electron chi connectivity index (χ3n) is 3.35. The number of aromatic nitrogens is 4. The molecule has 2 heterocycles. The van der Waals surface area contributed by atoms with Gasteiger partial charge >= 0.3 is 0 Å². The molecule has 0 saturated heterocycles. The summed E-state index contributed by atoms with van der Waals surface area (Å²) < 4.78 is 19.4. The summed E-state index contributed by atoms with van der Waals surface area (Å²) in [4.78, 5) is 21.4. The molecule has 2 aromatic rings. The maximum absolute atomic E-state index is 14.4. The number of ether oxygens (including phenoxy) is 1. The molecule has 0 aliphatic rings. The molecule has 0 aliphatic carbocycles. The number of hydrogen-bond acceptors (Lipinski definition) is 8. The summed E-state index contributed by atoms with van der Waals surface area (Å²) in [6, 6.07) is 0. The Kier molecular flexibility index (Phi) is 4.10.